The average molecular weight is 426 g/mol. The van der Waals surface area contributed by atoms with Crippen LogP contribution in [0.5, 0.6) is 5.75 Å². The van der Waals surface area contributed by atoms with Crippen molar-refractivity contribution in [3.05, 3.63) is 42.4 Å². The van der Waals surface area contributed by atoms with Gasteiger partial charge in [0.05, 0.1) is 30.1 Å². The van der Waals surface area contributed by atoms with Gasteiger partial charge >= 0.3 is 0 Å². The van der Waals surface area contributed by atoms with E-state index >= 15 is 0 Å². The number of terminal acetylenes is 1. The van der Waals surface area contributed by atoms with Gasteiger partial charge in [-0.25, -0.2) is 9.50 Å². The maximum Gasteiger partial charge on any atom is 0.298 e. The lowest BCUT2D eigenvalue weighted by Crippen LogP contribution is -2.64. The highest BCUT2D eigenvalue weighted by Crippen LogP contribution is 2.39. The number of piperidine rings is 1. The molecule has 2 unspecified atom stereocenters. The second-order valence-corrected chi connectivity index (χ2v) is 8.13. The van der Waals surface area contributed by atoms with E-state index in [0.29, 0.717) is 17.9 Å². The first-order valence-electron chi connectivity index (χ1n) is 10.7. The minimum absolute atomic E-state index is 0.204. The number of fused-ring (bicyclic) bond motifs is 3. The molecule has 1 amide bonds. The molecule has 6 rings (SSSR count). The summed E-state index contributed by atoms with van der Waals surface area (Å²) in [6.45, 7) is 2.46. The van der Waals surface area contributed by atoms with Crippen LogP contribution in [0.3, 0.4) is 0 Å². The number of amides is 1. The Morgan fingerprint density at radius 1 is 1.31 bits per heavy atom. The number of rotatable bonds is 5. The number of carbonyl (C=O) groups is 1. The number of aromatic nitrogens is 3. The third kappa shape index (κ3) is 3.30. The van der Waals surface area contributed by atoms with Crippen LogP contribution in [0.25, 0.3) is 16.6 Å². The number of anilines is 1. The Labute approximate surface area is 185 Å². The first kappa shape index (κ1) is 19.9. The largest absolute Gasteiger partial charge is 0.492 e. The molecule has 2 atom stereocenters. The van der Waals surface area contributed by atoms with E-state index in [-0.39, 0.29) is 24.0 Å². The van der Waals surface area contributed by atoms with Crippen molar-refractivity contribution < 1.29 is 9.53 Å². The van der Waals surface area contributed by atoms with Crippen molar-refractivity contribution in [2.24, 2.45) is 0 Å². The summed E-state index contributed by atoms with van der Waals surface area (Å²) >= 11 is 0. The fraction of sp³-hybridized carbons (Fsp3) is 0.333. The summed E-state index contributed by atoms with van der Waals surface area (Å²) in [4.78, 5) is 18.3. The summed E-state index contributed by atoms with van der Waals surface area (Å²) in [5, 5.41) is 17.3. The molecule has 2 bridgehead atoms. The third-order valence-corrected chi connectivity index (χ3v) is 6.25. The molecule has 5 heterocycles. The predicted molar refractivity (Wildman–Crippen MR) is 119 cm³/mol. The van der Waals surface area contributed by atoms with Crippen molar-refractivity contribution >= 4 is 17.2 Å². The van der Waals surface area contributed by atoms with E-state index in [1.165, 1.54) is 0 Å². The maximum absolute atomic E-state index is 11.9. The van der Waals surface area contributed by atoms with E-state index in [0.717, 1.165) is 41.7 Å². The van der Waals surface area contributed by atoms with Crippen LogP contribution in [0.15, 0.2) is 36.8 Å². The molecule has 8 heteroatoms. The van der Waals surface area contributed by atoms with Crippen molar-refractivity contribution in [3.8, 4) is 35.3 Å². The van der Waals surface area contributed by atoms with Crippen LogP contribution in [0, 0.1) is 23.7 Å². The fourth-order valence-electron chi connectivity index (χ4n) is 4.89. The van der Waals surface area contributed by atoms with Gasteiger partial charge in [-0.2, -0.15) is 10.4 Å². The zero-order valence-electron chi connectivity index (χ0n) is 17.7. The van der Waals surface area contributed by atoms with Crippen LogP contribution in [0.4, 0.5) is 5.82 Å². The Morgan fingerprint density at radius 3 is 2.78 bits per heavy atom. The molecule has 0 radical (unpaired) electrons. The molecule has 2 aliphatic heterocycles. The van der Waals surface area contributed by atoms with Crippen LogP contribution < -0.4 is 10.1 Å². The van der Waals surface area contributed by atoms with Crippen molar-refractivity contribution in [2.75, 3.05) is 11.9 Å². The topological polar surface area (TPSA) is 95.5 Å². The molecule has 1 saturated carbocycles. The Balaban J connectivity index is 1.36. The summed E-state index contributed by atoms with van der Waals surface area (Å²) in [5.74, 6) is 3.48. The minimum atomic E-state index is -0.204. The monoisotopic (exact) mass is 426 g/mol. The molecule has 160 valence electrons. The lowest BCUT2D eigenvalue weighted by atomic mass is 9.76. The summed E-state index contributed by atoms with van der Waals surface area (Å²) in [6.07, 6.45) is 13.2. The summed E-state index contributed by atoms with van der Waals surface area (Å²) in [7, 11) is 0. The SMILES string of the molecule is C#CC(=O)N1C2CC(Nc3ccc(-c4cc(OCC)cn5ncc(C#N)c45)cn3)CC1C2. The van der Waals surface area contributed by atoms with Gasteiger partial charge in [-0.15, -0.1) is 6.42 Å². The molecular weight excluding hydrogens is 404 g/mol. The molecule has 1 aliphatic carbocycles. The molecule has 32 heavy (non-hydrogen) atoms. The fourth-order valence-corrected chi connectivity index (χ4v) is 4.89. The van der Waals surface area contributed by atoms with Gasteiger partial charge in [0, 0.05) is 35.4 Å². The van der Waals surface area contributed by atoms with Gasteiger partial charge in [-0.1, -0.05) is 0 Å². The van der Waals surface area contributed by atoms with Crippen LogP contribution in [0.2, 0.25) is 0 Å². The highest BCUT2D eigenvalue weighted by molar-refractivity contribution is 5.94. The van der Waals surface area contributed by atoms with Gasteiger partial charge in [0.2, 0.25) is 0 Å². The first-order chi connectivity index (χ1) is 15.6. The van der Waals surface area contributed by atoms with E-state index in [1.807, 2.05) is 30.0 Å². The van der Waals surface area contributed by atoms with Gasteiger partial charge in [0.15, 0.2) is 0 Å². The lowest BCUT2D eigenvalue weighted by Gasteiger charge is -2.54. The van der Waals surface area contributed by atoms with E-state index in [2.05, 4.69) is 27.4 Å². The van der Waals surface area contributed by atoms with Gasteiger partial charge < -0.3 is 15.0 Å². The quantitative estimate of drug-likeness (QED) is 0.631. The smallest absolute Gasteiger partial charge is 0.298 e. The van der Waals surface area contributed by atoms with Crippen molar-refractivity contribution in [1.29, 1.82) is 5.26 Å². The number of pyridine rings is 2. The van der Waals surface area contributed by atoms with Crippen LogP contribution in [-0.2, 0) is 4.79 Å². The molecule has 8 nitrogen and oxygen atoms in total. The second kappa shape index (κ2) is 7.90. The first-order valence-corrected chi connectivity index (χ1v) is 10.7. The Kier molecular flexibility index (Phi) is 4.91. The van der Waals surface area contributed by atoms with Gasteiger partial charge in [-0.3, -0.25) is 4.79 Å². The van der Waals surface area contributed by atoms with Crippen molar-refractivity contribution in [2.45, 2.75) is 44.3 Å². The summed E-state index contributed by atoms with van der Waals surface area (Å²) < 4.78 is 7.34. The molecule has 3 aromatic heterocycles. The number of ether oxygens (including phenoxy) is 1. The van der Waals surface area contributed by atoms with Crippen LogP contribution >= 0.6 is 0 Å². The average Bonchev–Trinajstić information content (AvgIpc) is 3.22. The molecular formula is C24H22N6O2. The zero-order chi connectivity index (χ0) is 22.2. The van der Waals surface area contributed by atoms with E-state index < -0.39 is 0 Å². The lowest BCUT2D eigenvalue weighted by molar-refractivity contribution is -0.142. The van der Waals surface area contributed by atoms with Gasteiger partial charge in [0.25, 0.3) is 5.91 Å². The summed E-state index contributed by atoms with van der Waals surface area (Å²) in [5.41, 5.74) is 2.93. The van der Waals surface area contributed by atoms with E-state index in [1.54, 1.807) is 23.1 Å². The minimum Gasteiger partial charge on any atom is -0.492 e. The Morgan fingerprint density at radius 2 is 2.12 bits per heavy atom. The van der Waals surface area contributed by atoms with E-state index in [9.17, 15) is 10.1 Å². The van der Waals surface area contributed by atoms with Crippen molar-refractivity contribution in [3.63, 3.8) is 0 Å². The standard InChI is InChI=1S/C24H22N6O2/c1-3-23(31)30-18-7-17(8-19(30)9-18)28-22-6-5-15(12-26-22)21-10-20(32-4-2)14-29-24(21)16(11-25)13-27-29/h1,5-6,10,12-14,17-19H,4,7-9H2,2H3,(H,26,28). The van der Waals surface area contributed by atoms with Crippen molar-refractivity contribution in [1.82, 2.24) is 19.5 Å². The molecule has 0 spiro atoms. The highest BCUT2D eigenvalue weighted by Gasteiger charge is 2.47. The summed E-state index contributed by atoms with van der Waals surface area (Å²) in [6, 6.07) is 8.72. The van der Waals surface area contributed by atoms with Crippen LogP contribution in [0.1, 0.15) is 31.7 Å². The maximum atomic E-state index is 11.9. The third-order valence-electron chi connectivity index (χ3n) is 6.25. The molecule has 1 N–H and O–H groups in total. The predicted octanol–water partition coefficient (Wildman–Crippen LogP) is 2.84. The Hall–Kier alpha value is -4.04. The molecule has 3 fully saturated rings. The molecule has 3 aliphatic rings. The highest BCUT2D eigenvalue weighted by atomic mass is 16.5. The Bertz CT molecular complexity index is 1250. The molecule has 3 aromatic rings. The molecule has 2 saturated heterocycles. The number of hydrogen-bond donors (Lipinski definition) is 1. The number of nitrogens with zero attached hydrogens (tertiary/aromatic N) is 5. The van der Waals surface area contributed by atoms with Gasteiger partial charge in [-0.05, 0) is 50.3 Å². The number of hydrogen-bond acceptors (Lipinski definition) is 6. The second-order valence-electron chi connectivity index (χ2n) is 8.13. The van der Waals surface area contributed by atoms with Gasteiger partial charge in [0.1, 0.15) is 17.6 Å². The number of nitrogens with one attached hydrogen (secondary N) is 1. The zero-order valence-corrected chi connectivity index (χ0v) is 17.7. The number of nitriles is 1. The normalized spacial score (nSPS) is 21.3. The van der Waals surface area contributed by atoms with E-state index in [4.69, 9.17) is 11.2 Å². The van der Waals surface area contributed by atoms with Crippen LogP contribution in [-0.4, -0.2) is 50.1 Å². The number of carbonyl (C=O) groups excluding carboxylic acids is 1. The molecule has 0 aromatic carbocycles.